The first-order chi connectivity index (χ1) is 12.0. The molecule has 0 spiro atoms. The SMILES string of the molecule is COc1ccc(/C(C)=C/C(=O)NCC(O)CN2CCC(C)CC2)cc1. The van der Waals surface area contributed by atoms with Crippen molar-refractivity contribution in [2.75, 3.05) is 33.3 Å². The largest absolute Gasteiger partial charge is 0.497 e. The van der Waals surface area contributed by atoms with Crippen LogP contribution in [0.2, 0.25) is 0 Å². The second-order valence-electron chi connectivity index (χ2n) is 6.94. The standard InChI is InChI=1S/C20H30N2O3/c1-15-8-10-22(11-9-15)14-18(23)13-21-20(24)12-16(2)17-4-6-19(25-3)7-5-17/h4-7,12,15,18,23H,8-11,13-14H2,1-3H3,(H,21,24)/b16-12+. The first kappa shape index (κ1) is 19.5. The Morgan fingerprint density at radius 2 is 2.00 bits per heavy atom. The fraction of sp³-hybridized carbons (Fsp3) is 0.550. The molecule has 5 nitrogen and oxygen atoms in total. The smallest absolute Gasteiger partial charge is 0.244 e. The number of amides is 1. The van der Waals surface area contributed by atoms with E-state index in [0.29, 0.717) is 6.54 Å². The van der Waals surface area contributed by atoms with Crippen LogP contribution < -0.4 is 10.1 Å². The molecule has 2 N–H and O–H groups in total. The molecule has 2 rings (SSSR count). The van der Waals surface area contributed by atoms with Crippen molar-refractivity contribution in [3.8, 4) is 5.75 Å². The van der Waals surface area contributed by atoms with Crippen LogP contribution in [0.3, 0.4) is 0 Å². The number of aliphatic hydroxyl groups excluding tert-OH is 1. The molecule has 5 heteroatoms. The number of nitrogens with one attached hydrogen (secondary N) is 1. The summed E-state index contributed by atoms with van der Waals surface area (Å²) in [5, 5.41) is 12.9. The van der Waals surface area contributed by atoms with Crippen LogP contribution in [-0.4, -0.2) is 55.3 Å². The Bertz CT molecular complexity index is 575. The van der Waals surface area contributed by atoms with E-state index in [4.69, 9.17) is 4.74 Å². The van der Waals surface area contributed by atoms with E-state index in [1.807, 2.05) is 31.2 Å². The molecule has 1 aromatic rings. The Morgan fingerprint density at radius 3 is 2.60 bits per heavy atom. The average Bonchev–Trinajstić information content (AvgIpc) is 2.62. The highest BCUT2D eigenvalue weighted by atomic mass is 16.5. The van der Waals surface area contributed by atoms with E-state index in [1.165, 1.54) is 12.8 Å². The van der Waals surface area contributed by atoms with E-state index >= 15 is 0 Å². The van der Waals surface area contributed by atoms with Gasteiger partial charge in [-0.15, -0.1) is 0 Å². The van der Waals surface area contributed by atoms with Crippen molar-refractivity contribution in [3.63, 3.8) is 0 Å². The minimum absolute atomic E-state index is 0.181. The van der Waals surface area contributed by atoms with Crippen LogP contribution in [0.15, 0.2) is 30.3 Å². The van der Waals surface area contributed by atoms with Crippen molar-refractivity contribution in [1.29, 1.82) is 0 Å². The van der Waals surface area contributed by atoms with Gasteiger partial charge in [0.25, 0.3) is 0 Å². The number of hydrogen-bond acceptors (Lipinski definition) is 4. The van der Waals surface area contributed by atoms with E-state index < -0.39 is 6.10 Å². The molecule has 0 radical (unpaired) electrons. The van der Waals surface area contributed by atoms with Gasteiger partial charge >= 0.3 is 0 Å². The van der Waals surface area contributed by atoms with Gasteiger partial charge in [0.05, 0.1) is 13.2 Å². The Labute approximate surface area is 150 Å². The van der Waals surface area contributed by atoms with Crippen molar-refractivity contribution in [2.45, 2.75) is 32.8 Å². The van der Waals surface area contributed by atoms with E-state index in [9.17, 15) is 9.90 Å². The van der Waals surface area contributed by atoms with Crippen molar-refractivity contribution in [2.24, 2.45) is 5.92 Å². The zero-order valence-corrected chi connectivity index (χ0v) is 15.5. The van der Waals surface area contributed by atoms with Crippen LogP contribution in [0.25, 0.3) is 5.57 Å². The first-order valence-electron chi connectivity index (χ1n) is 8.99. The molecule has 1 heterocycles. The lowest BCUT2D eigenvalue weighted by atomic mass is 9.99. The highest BCUT2D eigenvalue weighted by Crippen LogP contribution is 2.18. The molecule has 1 atom stereocenters. The summed E-state index contributed by atoms with van der Waals surface area (Å²) in [6.45, 7) is 7.12. The average molecular weight is 346 g/mol. The van der Waals surface area contributed by atoms with Crippen molar-refractivity contribution in [3.05, 3.63) is 35.9 Å². The summed E-state index contributed by atoms with van der Waals surface area (Å²) in [4.78, 5) is 14.3. The van der Waals surface area contributed by atoms with E-state index in [1.54, 1.807) is 13.2 Å². The number of allylic oxidation sites excluding steroid dienone is 1. The molecule has 1 aliphatic rings. The van der Waals surface area contributed by atoms with Crippen LogP contribution in [0, 0.1) is 5.92 Å². The molecular weight excluding hydrogens is 316 g/mol. The Hall–Kier alpha value is -1.85. The highest BCUT2D eigenvalue weighted by molar-refractivity contribution is 5.94. The van der Waals surface area contributed by atoms with E-state index in [2.05, 4.69) is 17.1 Å². The van der Waals surface area contributed by atoms with E-state index in [-0.39, 0.29) is 12.5 Å². The number of β-amino-alcohol motifs (C(OH)–C–C–N with tert-alkyl or cyclic N) is 1. The molecular formula is C20H30N2O3. The third-order valence-corrected chi connectivity index (χ3v) is 4.75. The predicted molar refractivity (Wildman–Crippen MR) is 100 cm³/mol. The Kier molecular flexibility index (Phi) is 7.47. The fourth-order valence-electron chi connectivity index (χ4n) is 3.01. The number of ether oxygens (including phenoxy) is 1. The number of nitrogens with zero attached hydrogens (tertiary/aromatic N) is 1. The fourth-order valence-corrected chi connectivity index (χ4v) is 3.01. The second-order valence-corrected chi connectivity index (χ2v) is 6.94. The highest BCUT2D eigenvalue weighted by Gasteiger charge is 2.18. The number of hydrogen-bond donors (Lipinski definition) is 2. The molecule has 0 aliphatic carbocycles. The summed E-state index contributed by atoms with van der Waals surface area (Å²) in [6, 6.07) is 7.58. The summed E-state index contributed by atoms with van der Waals surface area (Å²) in [6.07, 6.45) is 3.40. The van der Waals surface area contributed by atoms with Gasteiger partial charge in [0.2, 0.25) is 5.91 Å². The number of aliphatic hydroxyl groups is 1. The van der Waals surface area contributed by atoms with Gasteiger partial charge in [-0.1, -0.05) is 19.1 Å². The van der Waals surface area contributed by atoms with Gasteiger partial charge in [0, 0.05) is 19.2 Å². The van der Waals surface area contributed by atoms with Crippen LogP contribution in [0.1, 0.15) is 32.3 Å². The summed E-state index contributed by atoms with van der Waals surface area (Å²) in [7, 11) is 1.63. The van der Waals surface area contributed by atoms with Gasteiger partial charge in [0.1, 0.15) is 5.75 Å². The first-order valence-corrected chi connectivity index (χ1v) is 8.99. The van der Waals surface area contributed by atoms with E-state index in [0.717, 1.165) is 35.9 Å². The molecule has 0 aromatic heterocycles. The Balaban J connectivity index is 1.76. The molecule has 138 valence electrons. The number of rotatable bonds is 7. The number of carbonyl (C=O) groups excluding carboxylic acids is 1. The lowest BCUT2D eigenvalue weighted by molar-refractivity contribution is -0.117. The van der Waals surface area contributed by atoms with Gasteiger partial charge in [-0.3, -0.25) is 4.79 Å². The van der Waals surface area contributed by atoms with Crippen molar-refractivity contribution in [1.82, 2.24) is 10.2 Å². The number of carbonyl (C=O) groups is 1. The maximum Gasteiger partial charge on any atom is 0.244 e. The summed E-state index contributed by atoms with van der Waals surface area (Å²) >= 11 is 0. The number of likely N-dealkylation sites (tertiary alicyclic amines) is 1. The number of methoxy groups -OCH3 is 1. The van der Waals surface area contributed by atoms with Gasteiger partial charge in [-0.2, -0.15) is 0 Å². The van der Waals surface area contributed by atoms with Gasteiger partial charge in [-0.25, -0.2) is 0 Å². The van der Waals surface area contributed by atoms with Crippen LogP contribution in [0.5, 0.6) is 5.75 Å². The zero-order chi connectivity index (χ0) is 18.2. The molecule has 1 fully saturated rings. The van der Waals surface area contributed by atoms with Gasteiger partial charge in [0.15, 0.2) is 0 Å². The van der Waals surface area contributed by atoms with Gasteiger partial charge in [-0.05, 0) is 62.0 Å². The van der Waals surface area contributed by atoms with Crippen LogP contribution in [0.4, 0.5) is 0 Å². The monoisotopic (exact) mass is 346 g/mol. The molecule has 1 amide bonds. The summed E-state index contributed by atoms with van der Waals surface area (Å²) in [5.41, 5.74) is 1.85. The molecule has 0 saturated carbocycles. The minimum Gasteiger partial charge on any atom is -0.497 e. The topological polar surface area (TPSA) is 61.8 Å². The zero-order valence-electron chi connectivity index (χ0n) is 15.5. The van der Waals surface area contributed by atoms with Crippen molar-refractivity contribution >= 4 is 11.5 Å². The molecule has 1 aromatic carbocycles. The molecule has 1 saturated heterocycles. The third kappa shape index (κ3) is 6.52. The number of piperidine rings is 1. The summed E-state index contributed by atoms with van der Waals surface area (Å²) < 4.78 is 5.13. The quantitative estimate of drug-likeness (QED) is 0.744. The van der Waals surface area contributed by atoms with Crippen molar-refractivity contribution < 1.29 is 14.6 Å². The lowest BCUT2D eigenvalue weighted by Gasteiger charge is -2.31. The van der Waals surface area contributed by atoms with Crippen LogP contribution >= 0.6 is 0 Å². The van der Waals surface area contributed by atoms with Crippen LogP contribution in [-0.2, 0) is 4.79 Å². The third-order valence-electron chi connectivity index (χ3n) is 4.75. The normalized spacial score (nSPS) is 18.0. The molecule has 1 aliphatic heterocycles. The predicted octanol–water partition coefficient (Wildman–Crippen LogP) is 2.31. The summed E-state index contributed by atoms with van der Waals surface area (Å²) in [5.74, 6) is 1.38. The minimum atomic E-state index is -0.535. The molecule has 1 unspecified atom stereocenters. The molecule has 25 heavy (non-hydrogen) atoms. The number of benzene rings is 1. The Morgan fingerprint density at radius 1 is 1.36 bits per heavy atom. The molecule has 0 bridgehead atoms. The maximum atomic E-state index is 12.1. The second kappa shape index (κ2) is 9.59. The van der Waals surface area contributed by atoms with Gasteiger partial charge < -0.3 is 20.1 Å². The lowest BCUT2D eigenvalue weighted by Crippen LogP contribution is -2.42. The maximum absolute atomic E-state index is 12.1.